The van der Waals surface area contributed by atoms with Crippen LogP contribution in [0.25, 0.3) is 22.0 Å². The summed E-state index contributed by atoms with van der Waals surface area (Å²) in [5, 5.41) is 4.73. The van der Waals surface area contributed by atoms with Crippen LogP contribution >= 0.6 is 0 Å². The third kappa shape index (κ3) is 3.76. The van der Waals surface area contributed by atoms with Crippen molar-refractivity contribution in [3.05, 3.63) is 36.1 Å². The molecule has 0 bridgehead atoms. The Morgan fingerprint density at radius 3 is 3.00 bits per heavy atom. The molecular formula is C21H25N3O3. The molecule has 1 atom stereocenters. The number of hydrogen-bond acceptors (Lipinski definition) is 5. The van der Waals surface area contributed by atoms with Crippen molar-refractivity contribution in [2.45, 2.75) is 32.2 Å². The van der Waals surface area contributed by atoms with E-state index >= 15 is 0 Å². The second-order valence-electron chi connectivity index (χ2n) is 7.19. The topological polar surface area (TPSA) is 67.6 Å². The van der Waals surface area contributed by atoms with Gasteiger partial charge >= 0.3 is 0 Å². The van der Waals surface area contributed by atoms with Crippen LogP contribution in [-0.4, -0.2) is 48.6 Å². The van der Waals surface area contributed by atoms with E-state index in [1.807, 2.05) is 24.3 Å². The maximum Gasteiger partial charge on any atom is 0.287 e. The summed E-state index contributed by atoms with van der Waals surface area (Å²) in [6.07, 6.45) is 3.78. The van der Waals surface area contributed by atoms with Gasteiger partial charge in [-0.3, -0.25) is 9.69 Å². The van der Waals surface area contributed by atoms with Gasteiger partial charge in [-0.25, -0.2) is 4.98 Å². The Morgan fingerprint density at radius 2 is 2.19 bits per heavy atom. The zero-order valence-electron chi connectivity index (χ0n) is 15.8. The molecular weight excluding hydrogens is 342 g/mol. The number of furan rings is 1. The molecule has 1 fully saturated rings. The Hall–Kier alpha value is -2.60. The number of nitrogens with one attached hydrogen (secondary N) is 1. The normalized spacial score (nSPS) is 18.1. The van der Waals surface area contributed by atoms with Gasteiger partial charge in [-0.1, -0.05) is 6.42 Å². The first-order valence-corrected chi connectivity index (χ1v) is 9.54. The Bertz CT molecular complexity index is 966. The molecule has 1 aliphatic heterocycles. The number of carbonyl (C=O) groups excluding carboxylic acids is 1. The minimum absolute atomic E-state index is 0.195. The van der Waals surface area contributed by atoms with E-state index in [-0.39, 0.29) is 5.91 Å². The third-order valence-electron chi connectivity index (χ3n) is 5.36. The molecule has 0 unspecified atom stereocenters. The number of fused-ring (bicyclic) bond motifs is 2. The number of piperidine rings is 1. The molecule has 1 saturated heterocycles. The number of aromatic nitrogens is 1. The fourth-order valence-electron chi connectivity index (χ4n) is 3.74. The molecule has 1 N–H and O–H groups in total. The third-order valence-corrected chi connectivity index (χ3v) is 5.36. The van der Waals surface area contributed by atoms with Gasteiger partial charge < -0.3 is 14.5 Å². The fourth-order valence-corrected chi connectivity index (χ4v) is 3.74. The highest BCUT2D eigenvalue weighted by Crippen LogP contribution is 2.25. The van der Waals surface area contributed by atoms with Gasteiger partial charge in [0.1, 0.15) is 5.75 Å². The fraction of sp³-hybridized carbons (Fsp3) is 0.429. The Morgan fingerprint density at radius 1 is 1.30 bits per heavy atom. The van der Waals surface area contributed by atoms with Crippen molar-refractivity contribution in [2.24, 2.45) is 0 Å². The zero-order valence-corrected chi connectivity index (χ0v) is 15.8. The van der Waals surface area contributed by atoms with Crippen LogP contribution in [0, 0.1) is 0 Å². The van der Waals surface area contributed by atoms with Gasteiger partial charge in [0.25, 0.3) is 5.91 Å². The summed E-state index contributed by atoms with van der Waals surface area (Å²) in [5.41, 5.74) is 1.28. The second-order valence-corrected chi connectivity index (χ2v) is 7.19. The number of rotatable bonds is 5. The van der Waals surface area contributed by atoms with Gasteiger partial charge in [0.05, 0.1) is 12.6 Å². The van der Waals surface area contributed by atoms with Crippen LogP contribution in [0.3, 0.4) is 0 Å². The van der Waals surface area contributed by atoms with E-state index < -0.39 is 0 Å². The standard InChI is InChI=1S/C21H25N3O3/c1-14-5-3-4-9-24(14)10-8-22-20(25)19-13-16-11-15-12-17(26-2)6-7-18(15)23-21(16)27-19/h6-7,11-14H,3-5,8-10H2,1-2H3,(H,22,25)/t14-/m0/s1. The van der Waals surface area contributed by atoms with E-state index in [0.717, 1.165) is 35.1 Å². The van der Waals surface area contributed by atoms with Crippen LogP contribution in [0.1, 0.15) is 36.7 Å². The molecule has 0 spiro atoms. The lowest BCUT2D eigenvalue weighted by Crippen LogP contribution is -2.42. The highest BCUT2D eigenvalue weighted by atomic mass is 16.5. The van der Waals surface area contributed by atoms with E-state index in [1.165, 1.54) is 19.3 Å². The van der Waals surface area contributed by atoms with Crippen molar-refractivity contribution in [3.8, 4) is 5.75 Å². The maximum atomic E-state index is 12.5. The van der Waals surface area contributed by atoms with Crippen LogP contribution in [0.2, 0.25) is 0 Å². The number of ether oxygens (including phenoxy) is 1. The summed E-state index contributed by atoms with van der Waals surface area (Å²) in [4.78, 5) is 19.4. The molecule has 0 aliphatic carbocycles. The predicted octanol–water partition coefficient (Wildman–Crippen LogP) is 3.59. The minimum atomic E-state index is -0.195. The van der Waals surface area contributed by atoms with Gasteiger partial charge in [-0.15, -0.1) is 0 Å². The quantitative estimate of drug-likeness (QED) is 0.746. The number of carbonyl (C=O) groups is 1. The minimum Gasteiger partial charge on any atom is -0.497 e. The summed E-state index contributed by atoms with van der Waals surface area (Å²) in [6, 6.07) is 9.98. The van der Waals surface area contributed by atoms with Crippen molar-refractivity contribution in [1.29, 1.82) is 0 Å². The number of nitrogens with zero attached hydrogens (tertiary/aromatic N) is 2. The second kappa shape index (κ2) is 7.56. The van der Waals surface area contributed by atoms with Crippen molar-refractivity contribution in [2.75, 3.05) is 26.7 Å². The molecule has 3 aromatic rings. The van der Waals surface area contributed by atoms with Gasteiger partial charge in [0.15, 0.2) is 5.76 Å². The van der Waals surface area contributed by atoms with Crippen LogP contribution in [-0.2, 0) is 0 Å². The van der Waals surface area contributed by atoms with E-state index in [9.17, 15) is 4.79 Å². The van der Waals surface area contributed by atoms with Crippen molar-refractivity contribution < 1.29 is 13.9 Å². The highest BCUT2D eigenvalue weighted by molar-refractivity contribution is 5.98. The molecule has 1 amide bonds. The van der Waals surface area contributed by atoms with Gasteiger partial charge in [0.2, 0.25) is 5.71 Å². The number of methoxy groups -OCH3 is 1. The maximum absolute atomic E-state index is 12.5. The van der Waals surface area contributed by atoms with Crippen LogP contribution in [0.15, 0.2) is 34.7 Å². The summed E-state index contributed by atoms with van der Waals surface area (Å²) >= 11 is 0. The molecule has 0 saturated carbocycles. The lowest BCUT2D eigenvalue weighted by atomic mass is 10.0. The van der Waals surface area contributed by atoms with Gasteiger partial charge in [0, 0.05) is 29.9 Å². The Labute approximate surface area is 158 Å². The first-order valence-electron chi connectivity index (χ1n) is 9.54. The predicted molar refractivity (Wildman–Crippen MR) is 105 cm³/mol. The van der Waals surface area contributed by atoms with Crippen LogP contribution in [0.5, 0.6) is 5.75 Å². The largest absolute Gasteiger partial charge is 0.497 e. The number of pyridine rings is 1. The van der Waals surface area contributed by atoms with Crippen LogP contribution in [0.4, 0.5) is 0 Å². The summed E-state index contributed by atoms with van der Waals surface area (Å²) < 4.78 is 11.0. The molecule has 27 heavy (non-hydrogen) atoms. The molecule has 3 heterocycles. The molecule has 2 aromatic heterocycles. The number of likely N-dealkylation sites (tertiary alicyclic amines) is 1. The first kappa shape index (κ1) is 17.8. The zero-order chi connectivity index (χ0) is 18.8. The van der Waals surface area contributed by atoms with E-state index in [4.69, 9.17) is 9.15 Å². The van der Waals surface area contributed by atoms with Crippen molar-refractivity contribution >= 4 is 27.9 Å². The molecule has 142 valence electrons. The Kier molecular flexibility index (Phi) is 4.99. The smallest absolute Gasteiger partial charge is 0.287 e. The van der Waals surface area contributed by atoms with E-state index in [0.29, 0.717) is 24.1 Å². The average Bonchev–Trinajstić information content (AvgIpc) is 3.10. The van der Waals surface area contributed by atoms with Crippen LogP contribution < -0.4 is 10.1 Å². The van der Waals surface area contributed by atoms with Gasteiger partial charge in [-0.2, -0.15) is 0 Å². The van der Waals surface area contributed by atoms with E-state index in [1.54, 1.807) is 13.2 Å². The number of hydrogen-bond donors (Lipinski definition) is 1. The number of amides is 1. The van der Waals surface area contributed by atoms with Gasteiger partial charge in [-0.05, 0) is 56.6 Å². The molecule has 1 aliphatic rings. The summed E-state index contributed by atoms with van der Waals surface area (Å²) in [5.74, 6) is 0.878. The van der Waals surface area contributed by atoms with Crippen molar-refractivity contribution in [1.82, 2.24) is 15.2 Å². The molecule has 0 radical (unpaired) electrons. The lowest BCUT2D eigenvalue weighted by molar-refractivity contribution is 0.0913. The highest BCUT2D eigenvalue weighted by Gasteiger charge is 2.18. The molecule has 4 rings (SSSR count). The molecule has 6 heteroatoms. The lowest BCUT2D eigenvalue weighted by Gasteiger charge is -2.33. The van der Waals surface area contributed by atoms with E-state index in [2.05, 4.69) is 22.1 Å². The SMILES string of the molecule is COc1ccc2nc3oc(C(=O)NCCN4CCCC[C@@H]4C)cc3cc2c1. The molecule has 1 aromatic carbocycles. The van der Waals surface area contributed by atoms with Crippen molar-refractivity contribution in [3.63, 3.8) is 0 Å². The summed E-state index contributed by atoms with van der Waals surface area (Å²) in [7, 11) is 1.64. The molecule has 6 nitrogen and oxygen atoms in total. The summed E-state index contributed by atoms with van der Waals surface area (Å²) in [6.45, 7) is 4.86. The Balaban J connectivity index is 1.46. The monoisotopic (exact) mass is 367 g/mol. The average molecular weight is 367 g/mol. The number of benzene rings is 1. The first-order chi connectivity index (χ1) is 13.1.